The van der Waals surface area contributed by atoms with Gasteiger partial charge in [0.25, 0.3) is 0 Å². The molecule has 1 saturated carbocycles. The van der Waals surface area contributed by atoms with Crippen molar-refractivity contribution in [1.82, 2.24) is 15.1 Å². The lowest BCUT2D eigenvalue weighted by Crippen LogP contribution is -2.46. The molecule has 2 aromatic heterocycles. The summed E-state index contributed by atoms with van der Waals surface area (Å²) in [7, 11) is -3.56. The van der Waals surface area contributed by atoms with Gasteiger partial charge in [0, 0.05) is 36.5 Å². The number of hydrogen-bond donors (Lipinski definition) is 3. The van der Waals surface area contributed by atoms with Crippen molar-refractivity contribution in [2.45, 2.75) is 43.4 Å². The number of carbonyl (C=O) groups is 1. The SMILES string of the molecule is C[C@H]1COCCN1c1cc(C2(S(=O)(=O)CCCO)CCC2)nc(-c2ccc(NC(=O)Nc3ccon3)cc2)n1. The summed E-state index contributed by atoms with van der Waals surface area (Å²) in [5.74, 6) is 1.26. The molecule has 3 N–H and O–H groups in total. The second-order valence-electron chi connectivity index (χ2n) is 9.84. The summed E-state index contributed by atoms with van der Waals surface area (Å²) in [6.45, 7) is 3.59. The summed E-state index contributed by atoms with van der Waals surface area (Å²) < 4.78 is 36.2. The van der Waals surface area contributed by atoms with Crippen LogP contribution in [0.25, 0.3) is 11.4 Å². The van der Waals surface area contributed by atoms with E-state index in [0.29, 0.717) is 61.2 Å². The van der Waals surface area contributed by atoms with Gasteiger partial charge in [-0.3, -0.25) is 5.32 Å². The van der Waals surface area contributed by atoms with Crippen molar-refractivity contribution in [3.8, 4) is 11.4 Å². The third-order valence-electron chi connectivity index (χ3n) is 7.25. The van der Waals surface area contributed by atoms with E-state index in [4.69, 9.17) is 19.2 Å². The van der Waals surface area contributed by atoms with Crippen molar-refractivity contribution in [3.05, 3.63) is 48.4 Å². The number of sulfone groups is 1. The van der Waals surface area contributed by atoms with Crippen molar-refractivity contribution < 1.29 is 27.6 Å². The van der Waals surface area contributed by atoms with Crippen LogP contribution < -0.4 is 15.5 Å². The Morgan fingerprint density at radius 2 is 1.97 bits per heavy atom. The van der Waals surface area contributed by atoms with Gasteiger partial charge in [0.1, 0.15) is 16.8 Å². The highest BCUT2D eigenvalue weighted by molar-refractivity contribution is 7.92. The number of benzene rings is 1. The Morgan fingerprint density at radius 3 is 2.62 bits per heavy atom. The van der Waals surface area contributed by atoms with E-state index in [0.717, 1.165) is 6.42 Å². The number of aromatic nitrogens is 3. The third kappa shape index (κ3) is 5.60. The fourth-order valence-corrected chi connectivity index (χ4v) is 7.18. The number of ether oxygens (including phenoxy) is 1. The molecule has 39 heavy (non-hydrogen) atoms. The first-order valence-electron chi connectivity index (χ1n) is 13.0. The summed E-state index contributed by atoms with van der Waals surface area (Å²) in [4.78, 5) is 24.0. The van der Waals surface area contributed by atoms with Crippen LogP contribution in [0.4, 0.5) is 22.1 Å². The van der Waals surface area contributed by atoms with Gasteiger partial charge in [-0.05, 0) is 56.9 Å². The van der Waals surface area contributed by atoms with Gasteiger partial charge >= 0.3 is 6.03 Å². The van der Waals surface area contributed by atoms with Crippen LogP contribution >= 0.6 is 0 Å². The zero-order valence-electron chi connectivity index (χ0n) is 21.7. The number of anilines is 3. The number of hydrogen-bond acceptors (Lipinski definition) is 10. The Morgan fingerprint density at radius 1 is 1.18 bits per heavy atom. The molecule has 3 aromatic rings. The molecule has 0 unspecified atom stereocenters. The minimum atomic E-state index is -3.56. The summed E-state index contributed by atoms with van der Waals surface area (Å²) in [5, 5.41) is 18.2. The highest BCUT2D eigenvalue weighted by atomic mass is 32.2. The van der Waals surface area contributed by atoms with Gasteiger partial charge in [0.15, 0.2) is 21.5 Å². The quantitative estimate of drug-likeness (QED) is 0.357. The number of carbonyl (C=O) groups excluding carboxylic acids is 1. The maximum Gasteiger partial charge on any atom is 0.324 e. The molecule has 208 valence electrons. The molecular weight excluding hydrogens is 524 g/mol. The van der Waals surface area contributed by atoms with Crippen LogP contribution in [0.5, 0.6) is 0 Å². The first-order chi connectivity index (χ1) is 18.8. The lowest BCUT2D eigenvalue weighted by Gasteiger charge is -2.41. The fraction of sp³-hybridized carbons (Fsp3) is 0.462. The van der Waals surface area contributed by atoms with Gasteiger partial charge in [-0.2, -0.15) is 0 Å². The Labute approximate surface area is 226 Å². The molecule has 13 heteroatoms. The number of morpholine rings is 1. The number of aliphatic hydroxyl groups is 1. The van der Waals surface area contributed by atoms with Crippen molar-refractivity contribution in [2.75, 3.05) is 47.7 Å². The Bertz CT molecular complexity index is 1390. The van der Waals surface area contributed by atoms with E-state index in [1.54, 1.807) is 24.3 Å². The molecule has 2 fully saturated rings. The molecule has 2 amide bonds. The van der Waals surface area contributed by atoms with Crippen LogP contribution in [0.1, 0.15) is 38.3 Å². The molecule has 2 aliphatic rings. The second-order valence-corrected chi connectivity index (χ2v) is 12.3. The monoisotopic (exact) mass is 556 g/mol. The van der Waals surface area contributed by atoms with Crippen molar-refractivity contribution in [2.24, 2.45) is 0 Å². The van der Waals surface area contributed by atoms with Gasteiger partial charge in [-0.25, -0.2) is 23.2 Å². The average molecular weight is 557 g/mol. The van der Waals surface area contributed by atoms with Crippen LogP contribution in [0, 0.1) is 0 Å². The van der Waals surface area contributed by atoms with Crippen molar-refractivity contribution >= 4 is 33.2 Å². The molecule has 5 rings (SSSR count). The lowest BCUT2D eigenvalue weighted by atomic mass is 9.81. The first kappa shape index (κ1) is 27.0. The largest absolute Gasteiger partial charge is 0.396 e. The number of nitrogens with zero attached hydrogens (tertiary/aromatic N) is 4. The van der Waals surface area contributed by atoms with E-state index < -0.39 is 20.6 Å². The van der Waals surface area contributed by atoms with E-state index in [1.165, 1.54) is 12.3 Å². The van der Waals surface area contributed by atoms with Crippen LogP contribution in [0.3, 0.4) is 0 Å². The molecule has 3 heterocycles. The van der Waals surface area contributed by atoms with E-state index in [-0.39, 0.29) is 30.6 Å². The summed E-state index contributed by atoms with van der Waals surface area (Å²) in [6, 6.07) is 9.94. The first-order valence-corrected chi connectivity index (χ1v) is 14.6. The average Bonchev–Trinajstić information content (AvgIpc) is 3.40. The van der Waals surface area contributed by atoms with Crippen LogP contribution in [-0.2, 0) is 19.3 Å². The number of nitrogens with one attached hydrogen (secondary N) is 2. The molecule has 0 radical (unpaired) electrons. The fourth-order valence-electron chi connectivity index (χ4n) is 4.94. The van der Waals surface area contributed by atoms with Gasteiger partial charge < -0.3 is 24.6 Å². The topological polar surface area (TPSA) is 160 Å². The Hall–Kier alpha value is -3.55. The van der Waals surface area contributed by atoms with Crippen molar-refractivity contribution in [3.63, 3.8) is 0 Å². The number of amides is 2. The van der Waals surface area contributed by atoms with E-state index in [1.807, 2.05) is 13.0 Å². The van der Waals surface area contributed by atoms with Crippen LogP contribution in [0.2, 0.25) is 0 Å². The standard InChI is InChI=1S/C26H32N6O6S/c1-18-17-37-14-11-32(18)23-16-21(26(9-2-10-26)39(35,36)15-3-12-33)28-24(30-23)19-4-6-20(7-5-19)27-25(34)29-22-8-13-38-31-22/h4-8,13,16,18,33H,2-3,9-12,14-15,17H2,1H3,(H2,27,29,31,34)/t18-/m0/s1. The molecule has 0 spiro atoms. The smallest absolute Gasteiger partial charge is 0.324 e. The lowest BCUT2D eigenvalue weighted by molar-refractivity contribution is 0.0985. The highest BCUT2D eigenvalue weighted by Gasteiger charge is 2.51. The zero-order chi connectivity index (χ0) is 27.5. The molecule has 1 atom stereocenters. The third-order valence-corrected chi connectivity index (χ3v) is 9.88. The summed E-state index contributed by atoms with van der Waals surface area (Å²) in [5.41, 5.74) is 1.71. The van der Waals surface area contributed by atoms with Gasteiger partial charge in [0.05, 0.1) is 30.7 Å². The van der Waals surface area contributed by atoms with Crippen molar-refractivity contribution in [1.29, 1.82) is 0 Å². The minimum Gasteiger partial charge on any atom is -0.396 e. The zero-order valence-corrected chi connectivity index (χ0v) is 22.5. The maximum atomic E-state index is 13.5. The second kappa shape index (κ2) is 11.3. The molecular formula is C26H32N6O6S. The molecule has 1 aromatic carbocycles. The minimum absolute atomic E-state index is 0.0625. The molecule has 1 aliphatic carbocycles. The molecule has 12 nitrogen and oxygen atoms in total. The van der Waals surface area contributed by atoms with E-state index >= 15 is 0 Å². The predicted molar refractivity (Wildman–Crippen MR) is 145 cm³/mol. The van der Waals surface area contributed by atoms with Gasteiger partial charge in [0.2, 0.25) is 0 Å². The predicted octanol–water partition coefficient (Wildman–Crippen LogP) is 3.18. The number of rotatable bonds is 9. The number of aliphatic hydroxyl groups excluding tert-OH is 1. The number of urea groups is 1. The maximum absolute atomic E-state index is 13.5. The van der Waals surface area contributed by atoms with E-state index in [2.05, 4.69) is 20.7 Å². The Kier molecular flexibility index (Phi) is 7.82. The molecule has 1 aliphatic heterocycles. The van der Waals surface area contributed by atoms with E-state index in [9.17, 15) is 18.3 Å². The Balaban J connectivity index is 1.48. The summed E-state index contributed by atoms with van der Waals surface area (Å²) in [6.07, 6.45) is 3.31. The highest BCUT2D eigenvalue weighted by Crippen LogP contribution is 2.49. The van der Waals surface area contributed by atoms with Gasteiger partial charge in [-0.1, -0.05) is 5.16 Å². The van der Waals surface area contributed by atoms with Gasteiger partial charge in [-0.15, -0.1) is 0 Å². The summed E-state index contributed by atoms with van der Waals surface area (Å²) >= 11 is 0. The molecule has 0 bridgehead atoms. The molecule has 1 saturated heterocycles. The normalized spacial score (nSPS) is 18.8. The van der Waals surface area contributed by atoms with Crippen LogP contribution in [0.15, 0.2) is 47.2 Å². The van der Waals surface area contributed by atoms with Crippen LogP contribution in [-0.4, -0.2) is 72.8 Å².